The van der Waals surface area contributed by atoms with Crippen LogP contribution in [0.3, 0.4) is 0 Å². The van der Waals surface area contributed by atoms with Gasteiger partial charge >= 0.3 is 0 Å². The van der Waals surface area contributed by atoms with Crippen LogP contribution in [0.2, 0.25) is 0 Å². The highest BCUT2D eigenvalue weighted by Crippen LogP contribution is 2.14. The maximum atomic E-state index is 12.2. The van der Waals surface area contributed by atoms with Crippen LogP contribution in [0.25, 0.3) is 0 Å². The van der Waals surface area contributed by atoms with E-state index >= 15 is 0 Å². The van der Waals surface area contributed by atoms with Crippen molar-refractivity contribution in [3.8, 4) is 0 Å². The van der Waals surface area contributed by atoms with Gasteiger partial charge in [0.05, 0.1) is 12.4 Å². The molecule has 6 heteroatoms. The van der Waals surface area contributed by atoms with Crippen molar-refractivity contribution in [2.45, 2.75) is 17.5 Å². The Labute approximate surface area is 106 Å². The SMILES string of the molecule is O=S(=O)(Cc1ccccc1)c1nccn1CCO. The van der Waals surface area contributed by atoms with E-state index in [2.05, 4.69) is 4.98 Å². The monoisotopic (exact) mass is 266 g/mol. The summed E-state index contributed by atoms with van der Waals surface area (Å²) in [4.78, 5) is 3.87. The van der Waals surface area contributed by atoms with Gasteiger partial charge in [-0.25, -0.2) is 13.4 Å². The van der Waals surface area contributed by atoms with Crippen LogP contribution in [-0.2, 0) is 22.1 Å². The van der Waals surface area contributed by atoms with Crippen LogP contribution in [0, 0.1) is 0 Å². The zero-order valence-corrected chi connectivity index (χ0v) is 10.5. The molecule has 0 aliphatic carbocycles. The van der Waals surface area contributed by atoms with Crippen molar-refractivity contribution in [1.82, 2.24) is 9.55 Å². The fourth-order valence-electron chi connectivity index (χ4n) is 1.71. The molecule has 0 unspecified atom stereocenters. The molecule has 1 aromatic carbocycles. The summed E-state index contributed by atoms with van der Waals surface area (Å²) in [5.74, 6) is -0.0870. The lowest BCUT2D eigenvalue weighted by Gasteiger charge is -2.07. The Kier molecular flexibility index (Phi) is 3.78. The first-order valence-electron chi connectivity index (χ1n) is 5.52. The lowest BCUT2D eigenvalue weighted by Crippen LogP contribution is -2.14. The minimum atomic E-state index is -3.48. The van der Waals surface area contributed by atoms with Gasteiger partial charge in [0.15, 0.2) is 0 Å². The molecular weight excluding hydrogens is 252 g/mol. The van der Waals surface area contributed by atoms with Crippen molar-refractivity contribution in [3.63, 3.8) is 0 Å². The van der Waals surface area contributed by atoms with Crippen LogP contribution < -0.4 is 0 Å². The summed E-state index contributed by atoms with van der Waals surface area (Å²) in [7, 11) is -3.48. The fraction of sp³-hybridized carbons (Fsp3) is 0.250. The van der Waals surface area contributed by atoms with E-state index in [1.165, 1.54) is 10.8 Å². The summed E-state index contributed by atoms with van der Waals surface area (Å²) in [5, 5.41) is 8.87. The van der Waals surface area contributed by atoms with E-state index in [9.17, 15) is 8.42 Å². The Hall–Kier alpha value is -1.66. The van der Waals surface area contributed by atoms with Crippen molar-refractivity contribution in [3.05, 3.63) is 48.3 Å². The number of rotatable bonds is 5. The van der Waals surface area contributed by atoms with E-state index in [4.69, 9.17) is 5.11 Å². The van der Waals surface area contributed by atoms with Crippen LogP contribution in [0.5, 0.6) is 0 Å². The van der Waals surface area contributed by atoms with E-state index < -0.39 is 9.84 Å². The van der Waals surface area contributed by atoms with Gasteiger partial charge in [0.2, 0.25) is 15.0 Å². The molecular formula is C12H14N2O3S. The number of hydrogen-bond acceptors (Lipinski definition) is 4. The molecule has 2 aromatic rings. The minimum absolute atomic E-state index is 0.000373. The second-order valence-electron chi connectivity index (χ2n) is 3.87. The van der Waals surface area contributed by atoms with E-state index in [-0.39, 0.29) is 24.1 Å². The molecule has 0 bridgehead atoms. The molecule has 0 radical (unpaired) electrons. The molecule has 0 aliphatic heterocycles. The van der Waals surface area contributed by atoms with Crippen molar-refractivity contribution in [2.75, 3.05) is 6.61 Å². The Morgan fingerprint density at radius 2 is 1.94 bits per heavy atom. The third kappa shape index (κ3) is 2.77. The number of sulfone groups is 1. The van der Waals surface area contributed by atoms with Gasteiger partial charge in [-0.1, -0.05) is 30.3 Å². The second-order valence-corrected chi connectivity index (χ2v) is 5.75. The van der Waals surface area contributed by atoms with Crippen LogP contribution >= 0.6 is 0 Å². The fourth-order valence-corrected chi connectivity index (χ4v) is 3.20. The zero-order valence-electron chi connectivity index (χ0n) is 9.73. The van der Waals surface area contributed by atoms with Crippen LogP contribution in [0.4, 0.5) is 0 Å². The van der Waals surface area contributed by atoms with E-state index in [0.717, 1.165) is 5.56 Å². The standard InChI is InChI=1S/C12H14N2O3S/c15-9-8-14-7-6-13-12(14)18(16,17)10-11-4-2-1-3-5-11/h1-7,15H,8-10H2. The van der Waals surface area contributed by atoms with Gasteiger partial charge in [-0.2, -0.15) is 0 Å². The Balaban J connectivity index is 2.28. The topological polar surface area (TPSA) is 72.2 Å². The summed E-state index contributed by atoms with van der Waals surface area (Å²) in [6.45, 7) is 0.105. The van der Waals surface area contributed by atoms with Gasteiger partial charge in [-0.05, 0) is 5.56 Å². The molecule has 18 heavy (non-hydrogen) atoms. The van der Waals surface area contributed by atoms with Crippen molar-refractivity contribution in [2.24, 2.45) is 0 Å². The number of benzene rings is 1. The van der Waals surface area contributed by atoms with Gasteiger partial charge in [-0.3, -0.25) is 0 Å². The predicted molar refractivity (Wildman–Crippen MR) is 66.6 cm³/mol. The smallest absolute Gasteiger partial charge is 0.228 e. The van der Waals surface area contributed by atoms with E-state index in [1.54, 1.807) is 30.5 Å². The first-order chi connectivity index (χ1) is 8.63. The highest BCUT2D eigenvalue weighted by Gasteiger charge is 2.20. The van der Waals surface area contributed by atoms with Crippen LogP contribution in [0.1, 0.15) is 5.56 Å². The van der Waals surface area contributed by atoms with E-state index in [1.807, 2.05) is 6.07 Å². The average molecular weight is 266 g/mol. The number of aliphatic hydroxyl groups excluding tert-OH is 1. The molecule has 96 valence electrons. The summed E-state index contributed by atoms with van der Waals surface area (Å²) < 4.78 is 25.8. The first kappa shape index (κ1) is 12.8. The maximum Gasteiger partial charge on any atom is 0.228 e. The molecule has 0 amide bonds. The highest BCUT2D eigenvalue weighted by atomic mass is 32.2. The van der Waals surface area contributed by atoms with Gasteiger partial charge in [-0.15, -0.1) is 0 Å². The molecule has 2 rings (SSSR count). The number of aliphatic hydroxyl groups is 1. The average Bonchev–Trinajstić information content (AvgIpc) is 2.79. The number of aromatic nitrogens is 2. The third-order valence-corrected chi connectivity index (χ3v) is 4.11. The number of nitrogens with zero attached hydrogens (tertiary/aromatic N) is 2. The molecule has 0 fully saturated rings. The normalized spacial score (nSPS) is 11.6. The van der Waals surface area contributed by atoms with Gasteiger partial charge in [0, 0.05) is 18.9 Å². The van der Waals surface area contributed by atoms with Gasteiger partial charge < -0.3 is 9.67 Å². The molecule has 1 N–H and O–H groups in total. The lowest BCUT2D eigenvalue weighted by atomic mass is 10.2. The summed E-state index contributed by atoms with van der Waals surface area (Å²) in [5.41, 5.74) is 0.719. The Morgan fingerprint density at radius 1 is 1.22 bits per heavy atom. The Morgan fingerprint density at radius 3 is 2.61 bits per heavy atom. The molecule has 0 spiro atoms. The quantitative estimate of drug-likeness (QED) is 0.870. The largest absolute Gasteiger partial charge is 0.395 e. The summed E-state index contributed by atoms with van der Waals surface area (Å²) in [6, 6.07) is 8.95. The number of hydrogen-bond donors (Lipinski definition) is 1. The van der Waals surface area contributed by atoms with Crippen molar-refractivity contribution < 1.29 is 13.5 Å². The molecule has 5 nitrogen and oxygen atoms in total. The first-order valence-corrected chi connectivity index (χ1v) is 7.17. The summed E-state index contributed by atoms with van der Waals surface area (Å²) >= 11 is 0. The minimum Gasteiger partial charge on any atom is -0.395 e. The second kappa shape index (κ2) is 5.32. The molecule has 0 saturated carbocycles. The Bertz CT molecular complexity index is 605. The summed E-state index contributed by atoms with van der Waals surface area (Å²) in [6.07, 6.45) is 2.97. The van der Waals surface area contributed by atoms with Gasteiger partial charge in [0.25, 0.3) is 0 Å². The molecule has 0 saturated heterocycles. The van der Waals surface area contributed by atoms with Crippen molar-refractivity contribution >= 4 is 9.84 Å². The number of imidazole rings is 1. The third-order valence-electron chi connectivity index (χ3n) is 2.50. The maximum absolute atomic E-state index is 12.2. The zero-order chi connectivity index (χ0) is 13.0. The van der Waals surface area contributed by atoms with Gasteiger partial charge in [0.1, 0.15) is 0 Å². The highest BCUT2D eigenvalue weighted by molar-refractivity contribution is 7.90. The molecule has 0 atom stereocenters. The van der Waals surface area contributed by atoms with Crippen molar-refractivity contribution in [1.29, 1.82) is 0 Å². The molecule has 1 aromatic heterocycles. The molecule has 1 heterocycles. The molecule has 0 aliphatic rings. The predicted octanol–water partition coefficient (Wildman–Crippen LogP) is 0.849. The lowest BCUT2D eigenvalue weighted by molar-refractivity contribution is 0.271. The van der Waals surface area contributed by atoms with E-state index in [0.29, 0.717) is 0 Å². The van der Waals surface area contributed by atoms with Crippen LogP contribution in [0.15, 0.2) is 47.9 Å². The van der Waals surface area contributed by atoms with Crippen LogP contribution in [-0.4, -0.2) is 29.7 Å².